The monoisotopic (exact) mass is 324 g/mol. The number of likely N-dealkylation sites (N-methyl/N-ethyl adjacent to an activating group) is 1. The van der Waals surface area contributed by atoms with Gasteiger partial charge in [0, 0.05) is 19.2 Å². The van der Waals surface area contributed by atoms with Crippen molar-refractivity contribution in [2.24, 2.45) is 0 Å². The Bertz CT molecular complexity index is 686. The van der Waals surface area contributed by atoms with Crippen molar-refractivity contribution in [1.82, 2.24) is 19.9 Å². The van der Waals surface area contributed by atoms with Gasteiger partial charge in [-0.1, -0.05) is 54.8 Å². The molecule has 1 aliphatic carbocycles. The average molecular weight is 324 g/mol. The number of rotatable bonds is 5. The van der Waals surface area contributed by atoms with Crippen molar-refractivity contribution in [3.63, 3.8) is 0 Å². The van der Waals surface area contributed by atoms with E-state index >= 15 is 0 Å². The molecule has 0 unspecified atom stereocenters. The van der Waals surface area contributed by atoms with E-state index in [2.05, 4.69) is 22.4 Å². The molecule has 0 aliphatic heterocycles. The predicted molar refractivity (Wildman–Crippen MR) is 94.2 cm³/mol. The summed E-state index contributed by atoms with van der Waals surface area (Å²) >= 11 is 0. The molecule has 1 heterocycles. The summed E-state index contributed by atoms with van der Waals surface area (Å²) in [5, 5.41) is 8.23. The van der Waals surface area contributed by atoms with Gasteiger partial charge in [0.2, 0.25) is 5.91 Å². The predicted octanol–water partition coefficient (Wildman–Crippen LogP) is 3.13. The van der Waals surface area contributed by atoms with Crippen LogP contribution in [0.4, 0.5) is 0 Å². The first-order chi connectivity index (χ1) is 11.7. The Kier molecular flexibility index (Phi) is 5.41. The quantitative estimate of drug-likeness (QED) is 0.794. The number of amides is 1. The van der Waals surface area contributed by atoms with Gasteiger partial charge in [0.1, 0.15) is 5.69 Å². The SMILES string of the molecule is CN(C(=O)/C=C/c1cn(Cc2ccccc2)nn1)C1CCCCC1. The maximum absolute atomic E-state index is 12.3. The molecule has 2 aromatic rings. The van der Waals surface area contributed by atoms with Crippen LogP contribution >= 0.6 is 0 Å². The number of nitrogens with zero attached hydrogens (tertiary/aromatic N) is 4. The second kappa shape index (κ2) is 7.90. The van der Waals surface area contributed by atoms with Crippen molar-refractivity contribution < 1.29 is 4.79 Å². The fourth-order valence-electron chi connectivity index (χ4n) is 3.16. The van der Waals surface area contributed by atoms with Gasteiger partial charge in [-0.3, -0.25) is 4.79 Å². The smallest absolute Gasteiger partial charge is 0.246 e. The lowest BCUT2D eigenvalue weighted by molar-refractivity contribution is -0.127. The lowest BCUT2D eigenvalue weighted by atomic mass is 9.94. The maximum Gasteiger partial charge on any atom is 0.246 e. The number of hydrogen-bond acceptors (Lipinski definition) is 3. The third kappa shape index (κ3) is 4.31. The van der Waals surface area contributed by atoms with Crippen LogP contribution < -0.4 is 0 Å². The molecule has 0 bridgehead atoms. The van der Waals surface area contributed by atoms with E-state index in [0.29, 0.717) is 18.3 Å². The van der Waals surface area contributed by atoms with Gasteiger partial charge in [-0.2, -0.15) is 0 Å². The van der Waals surface area contributed by atoms with Gasteiger partial charge in [-0.05, 0) is 24.5 Å². The molecule has 1 aliphatic rings. The van der Waals surface area contributed by atoms with E-state index in [1.54, 1.807) is 16.8 Å². The number of hydrogen-bond donors (Lipinski definition) is 0. The van der Waals surface area contributed by atoms with Crippen LogP contribution in [0.3, 0.4) is 0 Å². The van der Waals surface area contributed by atoms with Crippen molar-refractivity contribution in [3.8, 4) is 0 Å². The van der Waals surface area contributed by atoms with Crippen molar-refractivity contribution in [2.45, 2.75) is 44.7 Å². The third-order valence-corrected chi connectivity index (χ3v) is 4.61. The molecule has 1 saturated carbocycles. The van der Waals surface area contributed by atoms with Crippen molar-refractivity contribution >= 4 is 12.0 Å². The van der Waals surface area contributed by atoms with E-state index in [1.807, 2.05) is 36.3 Å². The molecule has 0 radical (unpaired) electrons. The van der Waals surface area contributed by atoms with Gasteiger partial charge in [-0.25, -0.2) is 4.68 Å². The van der Waals surface area contributed by atoms with E-state index < -0.39 is 0 Å². The standard InChI is InChI=1S/C19H24N4O/c1-22(18-10-6-3-7-11-18)19(24)13-12-17-15-23(21-20-17)14-16-8-4-2-5-9-16/h2,4-5,8-9,12-13,15,18H,3,6-7,10-11,14H2,1H3/b13-12+. The first-order valence-corrected chi connectivity index (χ1v) is 8.61. The highest BCUT2D eigenvalue weighted by Gasteiger charge is 2.20. The molecule has 3 rings (SSSR count). The van der Waals surface area contributed by atoms with Crippen LogP contribution in [-0.4, -0.2) is 38.9 Å². The Labute approximate surface area is 143 Å². The minimum atomic E-state index is 0.0412. The highest BCUT2D eigenvalue weighted by molar-refractivity contribution is 5.91. The van der Waals surface area contributed by atoms with E-state index in [4.69, 9.17) is 0 Å². The lowest BCUT2D eigenvalue weighted by Gasteiger charge is -2.30. The topological polar surface area (TPSA) is 51.0 Å². The van der Waals surface area contributed by atoms with Crippen LogP contribution in [-0.2, 0) is 11.3 Å². The number of benzene rings is 1. The van der Waals surface area contributed by atoms with Gasteiger partial charge in [0.05, 0.1) is 12.7 Å². The van der Waals surface area contributed by atoms with Crippen LogP contribution in [0.25, 0.3) is 6.08 Å². The molecule has 0 N–H and O–H groups in total. The fraction of sp³-hybridized carbons (Fsp3) is 0.421. The Balaban J connectivity index is 1.57. The molecule has 126 valence electrons. The Hall–Kier alpha value is -2.43. The van der Waals surface area contributed by atoms with E-state index in [-0.39, 0.29) is 5.91 Å². The summed E-state index contributed by atoms with van der Waals surface area (Å²) in [5.74, 6) is 0.0412. The molecule has 5 heteroatoms. The van der Waals surface area contributed by atoms with Crippen LogP contribution in [0.2, 0.25) is 0 Å². The molecular weight excluding hydrogens is 300 g/mol. The molecule has 1 amide bonds. The fourth-order valence-corrected chi connectivity index (χ4v) is 3.16. The van der Waals surface area contributed by atoms with E-state index in [1.165, 1.54) is 24.8 Å². The molecule has 5 nitrogen and oxygen atoms in total. The molecule has 0 spiro atoms. The van der Waals surface area contributed by atoms with Gasteiger partial charge < -0.3 is 4.90 Å². The Morgan fingerprint density at radius 1 is 1.25 bits per heavy atom. The highest BCUT2D eigenvalue weighted by atomic mass is 16.2. The lowest BCUT2D eigenvalue weighted by Crippen LogP contribution is -2.37. The number of carbonyl (C=O) groups excluding carboxylic acids is 1. The second-order valence-corrected chi connectivity index (χ2v) is 6.40. The van der Waals surface area contributed by atoms with Gasteiger partial charge in [0.15, 0.2) is 0 Å². The van der Waals surface area contributed by atoms with E-state index in [9.17, 15) is 4.79 Å². The van der Waals surface area contributed by atoms with Gasteiger partial charge in [-0.15, -0.1) is 5.10 Å². The summed E-state index contributed by atoms with van der Waals surface area (Å²) in [6, 6.07) is 10.5. The molecule has 0 atom stereocenters. The van der Waals surface area contributed by atoms with Crippen LogP contribution in [0.1, 0.15) is 43.4 Å². The molecule has 24 heavy (non-hydrogen) atoms. The molecule has 1 aromatic heterocycles. The Morgan fingerprint density at radius 2 is 2.00 bits per heavy atom. The maximum atomic E-state index is 12.3. The zero-order valence-electron chi connectivity index (χ0n) is 14.1. The summed E-state index contributed by atoms with van der Waals surface area (Å²) in [6.07, 6.45) is 11.2. The van der Waals surface area contributed by atoms with Crippen LogP contribution in [0.15, 0.2) is 42.6 Å². The minimum absolute atomic E-state index is 0.0412. The summed E-state index contributed by atoms with van der Waals surface area (Å²) in [5.41, 5.74) is 1.88. The summed E-state index contributed by atoms with van der Waals surface area (Å²) in [6.45, 7) is 0.678. The van der Waals surface area contributed by atoms with Crippen molar-refractivity contribution in [1.29, 1.82) is 0 Å². The number of aromatic nitrogens is 3. The molecular formula is C19H24N4O. The third-order valence-electron chi connectivity index (χ3n) is 4.61. The first kappa shape index (κ1) is 16.4. The highest BCUT2D eigenvalue weighted by Crippen LogP contribution is 2.21. The molecule has 1 fully saturated rings. The van der Waals surface area contributed by atoms with Crippen molar-refractivity contribution in [2.75, 3.05) is 7.05 Å². The van der Waals surface area contributed by atoms with Gasteiger partial charge in [0.25, 0.3) is 0 Å². The Morgan fingerprint density at radius 3 is 2.75 bits per heavy atom. The normalized spacial score (nSPS) is 15.7. The largest absolute Gasteiger partial charge is 0.339 e. The zero-order chi connectivity index (χ0) is 16.8. The molecule has 1 aromatic carbocycles. The number of carbonyl (C=O) groups is 1. The summed E-state index contributed by atoms with van der Waals surface area (Å²) in [7, 11) is 1.90. The van der Waals surface area contributed by atoms with Gasteiger partial charge >= 0.3 is 0 Å². The first-order valence-electron chi connectivity index (χ1n) is 8.61. The van der Waals surface area contributed by atoms with E-state index in [0.717, 1.165) is 12.8 Å². The second-order valence-electron chi connectivity index (χ2n) is 6.40. The van der Waals surface area contributed by atoms with Crippen LogP contribution in [0.5, 0.6) is 0 Å². The van der Waals surface area contributed by atoms with Crippen molar-refractivity contribution in [3.05, 3.63) is 53.9 Å². The van der Waals surface area contributed by atoms with Crippen LogP contribution in [0, 0.1) is 0 Å². The average Bonchev–Trinajstić information content (AvgIpc) is 3.08. The summed E-state index contributed by atoms with van der Waals surface area (Å²) in [4.78, 5) is 14.2. The summed E-state index contributed by atoms with van der Waals surface area (Å²) < 4.78 is 1.78. The molecule has 0 saturated heterocycles. The minimum Gasteiger partial charge on any atom is -0.339 e. The zero-order valence-corrected chi connectivity index (χ0v) is 14.1.